The lowest BCUT2D eigenvalue weighted by Gasteiger charge is -2.17. The SMILES string of the molecule is CC(=O)SCC(O)C(O)c1cncc(N)c1. The minimum Gasteiger partial charge on any atom is -0.397 e. The first-order valence-corrected chi connectivity index (χ1v) is 5.69. The van der Waals surface area contributed by atoms with Gasteiger partial charge in [0.1, 0.15) is 6.10 Å². The van der Waals surface area contributed by atoms with E-state index in [4.69, 9.17) is 5.73 Å². The maximum absolute atomic E-state index is 10.7. The van der Waals surface area contributed by atoms with Crippen LogP contribution in [0.5, 0.6) is 0 Å². The zero-order chi connectivity index (χ0) is 12.1. The number of nitrogen functional groups attached to an aromatic ring is 1. The average molecular weight is 242 g/mol. The number of aromatic nitrogens is 1. The van der Waals surface area contributed by atoms with Gasteiger partial charge in [0, 0.05) is 30.6 Å². The van der Waals surface area contributed by atoms with E-state index < -0.39 is 12.2 Å². The maximum Gasteiger partial charge on any atom is 0.185 e. The van der Waals surface area contributed by atoms with Gasteiger partial charge in [0.05, 0.1) is 11.8 Å². The van der Waals surface area contributed by atoms with Gasteiger partial charge in [0.2, 0.25) is 0 Å². The molecule has 0 bridgehead atoms. The third-order valence-electron chi connectivity index (χ3n) is 1.94. The molecular weight excluding hydrogens is 228 g/mol. The van der Waals surface area contributed by atoms with Crippen molar-refractivity contribution in [1.29, 1.82) is 0 Å². The quantitative estimate of drug-likeness (QED) is 0.704. The molecule has 1 aromatic heterocycles. The van der Waals surface area contributed by atoms with Crippen LogP contribution in [-0.4, -0.2) is 32.2 Å². The monoisotopic (exact) mass is 242 g/mol. The van der Waals surface area contributed by atoms with E-state index in [0.29, 0.717) is 11.3 Å². The highest BCUT2D eigenvalue weighted by Crippen LogP contribution is 2.20. The molecule has 0 amide bonds. The van der Waals surface area contributed by atoms with Crippen molar-refractivity contribution < 1.29 is 15.0 Å². The van der Waals surface area contributed by atoms with Gasteiger partial charge in [-0.05, 0) is 6.07 Å². The Kier molecular flexibility index (Phi) is 4.72. The Hall–Kier alpha value is -1.11. The topological polar surface area (TPSA) is 96.4 Å². The summed E-state index contributed by atoms with van der Waals surface area (Å²) in [4.78, 5) is 14.5. The molecule has 5 nitrogen and oxygen atoms in total. The summed E-state index contributed by atoms with van der Waals surface area (Å²) in [6.07, 6.45) is 0.788. The number of aliphatic hydroxyl groups excluding tert-OH is 2. The molecule has 2 unspecified atom stereocenters. The molecule has 16 heavy (non-hydrogen) atoms. The van der Waals surface area contributed by atoms with Gasteiger partial charge in [0.25, 0.3) is 0 Å². The van der Waals surface area contributed by atoms with E-state index in [1.165, 1.54) is 19.3 Å². The molecule has 0 aromatic carbocycles. The number of hydrogen-bond acceptors (Lipinski definition) is 6. The Morgan fingerprint density at radius 1 is 1.56 bits per heavy atom. The lowest BCUT2D eigenvalue weighted by atomic mass is 10.1. The third-order valence-corrected chi connectivity index (χ3v) is 2.86. The van der Waals surface area contributed by atoms with Crippen LogP contribution >= 0.6 is 11.8 Å². The van der Waals surface area contributed by atoms with Gasteiger partial charge in [-0.25, -0.2) is 0 Å². The molecule has 1 heterocycles. The molecule has 0 radical (unpaired) electrons. The fourth-order valence-corrected chi connectivity index (χ4v) is 1.74. The number of carbonyl (C=O) groups excluding carboxylic acids is 1. The van der Waals surface area contributed by atoms with E-state index in [-0.39, 0.29) is 10.9 Å². The molecule has 0 aliphatic rings. The van der Waals surface area contributed by atoms with E-state index in [2.05, 4.69) is 4.98 Å². The van der Waals surface area contributed by atoms with E-state index in [9.17, 15) is 15.0 Å². The Bertz CT molecular complexity index is 373. The lowest BCUT2D eigenvalue weighted by Crippen LogP contribution is -2.21. The van der Waals surface area contributed by atoms with Crippen LogP contribution in [0.25, 0.3) is 0 Å². The normalized spacial score (nSPS) is 14.4. The van der Waals surface area contributed by atoms with Crippen molar-refractivity contribution in [2.24, 2.45) is 0 Å². The summed E-state index contributed by atoms with van der Waals surface area (Å²) >= 11 is 0.966. The van der Waals surface area contributed by atoms with Crippen LogP contribution in [0.4, 0.5) is 5.69 Å². The number of pyridine rings is 1. The maximum atomic E-state index is 10.7. The number of anilines is 1. The average Bonchev–Trinajstić information content (AvgIpc) is 2.24. The molecule has 0 saturated carbocycles. The largest absolute Gasteiger partial charge is 0.397 e. The lowest BCUT2D eigenvalue weighted by molar-refractivity contribution is -0.109. The van der Waals surface area contributed by atoms with Crippen molar-refractivity contribution >= 4 is 22.6 Å². The summed E-state index contributed by atoms with van der Waals surface area (Å²) in [5, 5.41) is 19.3. The Morgan fingerprint density at radius 3 is 2.81 bits per heavy atom. The van der Waals surface area contributed by atoms with Gasteiger partial charge in [-0.1, -0.05) is 11.8 Å². The van der Waals surface area contributed by atoms with Crippen LogP contribution in [0.2, 0.25) is 0 Å². The number of hydrogen-bond donors (Lipinski definition) is 3. The first-order valence-electron chi connectivity index (χ1n) is 4.70. The number of nitrogens with zero attached hydrogens (tertiary/aromatic N) is 1. The second-order valence-corrected chi connectivity index (χ2v) is 4.56. The van der Waals surface area contributed by atoms with Crippen molar-refractivity contribution in [1.82, 2.24) is 4.98 Å². The number of aliphatic hydroxyl groups is 2. The van der Waals surface area contributed by atoms with Crippen molar-refractivity contribution in [2.45, 2.75) is 19.1 Å². The standard InChI is InChI=1S/C10H14N2O3S/c1-6(13)16-5-9(14)10(15)7-2-8(11)4-12-3-7/h2-4,9-10,14-15H,5,11H2,1H3. The smallest absolute Gasteiger partial charge is 0.185 e. The first kappa shape index (κ1) is 13.0. The Balaban J connectivity index is 2.62. The molecule has 0 fully saturated rings. The number of thioether (sulfide) groups is 1. The first-order chi connectivity index (χ1) is 7.50. The molecule has 4 N–H and O–H groups in total. The number of nitrogens with two attached hydrogens (primary N) is 1. The van der Waals surface area contributed by atoms with Gasteiger partial charge in [-0.3, -0.25) is 9.78 Å². The minimum absolute atomic E-state index is 0.100. The highest BCUT2D eigenvalue weighted by atomic mass is 32.2. The number of carbonyl (C=O) groups is 1. The van der Waals surface area contributed by atoms with Crippen LogP contribution in [0.15, 0.2) is 18.5 Å². The highest BCUT2D eigenvalue weighted by Gasteiger charge is 2.19. The van der Waals surface area contributed by atoms with Crippen LogP contribution in [-0.2, 0) is 4.79 Å². The summed E-state index contributed by atoms with van der Waals surface area (Å²) in [6.45, 7) is 1.41. The Morgan fingerprint density at radius 2 is 2.25 bits per heavy atom. The summed E-state index contributed by atoms with van der Waals surface area (Å²) in [5.74, 6) is 0.144. The molecule has 2 atom stereocenters. The van der Waals surface area contributed by atoms with Crippen molar-refractivity contribution in [2.75, 3.05) is 11.5 Å². The fourth-order valence-electron chi connectivity index (χ4n) is 1.15. The minimum atomic E-state index is -1.08. The van der Waals surface area contributed by atoms with Gasteiger partial charge >= 0.3 is 0 Å². The predicted molar refractivity (Wildman–Crippen MR) is 62.8 cm³/mol. The van der Waals surface area contributed by atoms with Crippen molar-refractivity contribution in [3.8, 4) is 0 Å². The molecule has 0 saturated heterocycles. The van der Waals surface area contributed by atoms with E-state index in [1.807, 2.05) is 0 Å². The van der Waals surface area contributed by atoms with Crippen LogP contribution in [0, 0.1) is 0 Å². The molecular formula is C10H14N2O3S. The van der Waals surface area contributed by atoms with E-state index in [0.717, 1.165) is 11.8 Å². The summed E-state index contributed by atoms with van der Waals surface area (Å²) in [6, 6.07) is 1.54. The van der Waals surface area contributed by atoms with Crippen molar-refractivity contribution in [3.63, 3.8) is 0 Å². The van der Waals surface area contributed by atoms with Crippen LogP contribution in [0.1, 0.15) is 18.6 Å². The molecule has 0 aliphatic heterocycles. The second-order valence-electron chi connectivity index (χ2n) is 3.37. The van der Waals surface area contributed by atoms with Gasteiger partial charge < -0.3 is 15.9 Å². The van der Waals surface area contributed by atoms with Gasteiger partial charge in [0.15, 0.2) is 5.12 Å². The Labute approximate surface area is 97.7 Å². The third kappa shape index (κ3) is 3.80. The molecule has 1 rings (SSSR count). The zero-order valence-corrected chi connectivity index (χ0v) is 9.65. The highest BCUT2D eigenvalue weighted by molar-refractivity contribution is 8.13. The fraction of sp³-hybridized carbons (Fsp3) is 0.400. The number of rotatable bonds is 4. The van der Waals surface area contributed by atoms with Crippen LogP contribution < -0.4 is 5.73 Å². The predicted octanol–water partition coefficient (Wildman–Crippen LogP) is 0.338. The summed E-state index contributed by atoms with van der Waals surface area (Å²) in [7, 11) is 0. The van der Waals surface area contributed by atoms with Crippen LogP contribution in [0.3, 0.4) is 0 Å². The van der Waals surface area contributed by atoms with Gasteiger partial charge in [-0.15, -0.1) is 0 Å². The molecule has 6 heteroatoms. The van der Waals surface area contributed by atoms with E-state index in [1.54, 1.807) is 6.07 Å². The molecule has 0 aliphatic carbocycles. The molecule has 0 spiro atoms. The second kappa shape index (κ2) is 5.83. The van der Waals surface area contributed by atoms with E-state index >= 15 is 0 Å². The zero-order valence-electron chi connectivity index (χ0n) is 8.83. The summed E-state index contributed by atoms with van der Waals surface area (Å²) < 4.78 is 0. The summed E-state index contributed by atoms with van der Waals surface area (Å²) in [5.41, 5.74) is 6.36. The van der Waals surface area contributed by atoms with Gasteiger partial charge in [-0.2, -0.15) is 0 Å². The van der Waals surface area contributed by atoms with Crippen molar-refractivity contribution in [3.05, 3.63) is 24.0 Å². The molecule has 88 valence electrons. The molecule has 1 aromatic rings.